The van der Waals surface area contributed by atoms with Crippen molar-refractivity contribution in [2.45, 2.75) is 26.4 Å². The minimum absolute atomic E-state index is 0.00370. The van der Waals surface area contributed by atoms with Crippen molar-refractivity contribution in [3.8, 4) is 5.88 Å². The molecule has 0 saturated carbocycles. The van der Waals surface area contributed by atoms with Gasteiger partial charge in [-0.2, -0.15) is 5.10 Å². The molecule has 110 valence electrons. The number of ether oxygens (including phenoxy) is 1. The van der Waals surface area contributed by atoms with Crippen LogP contribution in [0, 0.1) is 13.8 Å². The summed E-state index contributed by atoms with van der Waals surface area (Å²) in [7, 11) is 0. The van der Waals surface area contributed by atoms with Crippen molar-refractivity contribution >= 4 is 5.91 Å². The van der Waals surface area contributed by atoms with Crippen molar-refractivity contribution in [1.82, 2.24) is 25.1 Å². The Labute approximate surface area is 122 Å². The SMILES string of the molecule is Cc1n[nH]c(C)c1C(=O)N1CC[C@@H](Oc2cnccn2)C1. The number of likely N-dealkylation sites (tertiary alicyclic amines) is 1. The number of aromatic nitrogens is 4. The molecule has 1 aliphatic rings. The van der Waals surface area contributed by atoms with Crippen LogP contribution in [-0.2, 0) is 0 Å². The lowest BCUT2D eigenvalue weighted by Crippen LogP contribution is -2.31. The fourth-order valence-corrected chi connectivity index (χ4v) is 2.55. The molecule has 1 amide bonds. The number of nitrogens with one attached hydrogen (secondary N) is 1. The second-order valence-electron chi connectivity index (χ2n) is 5.13. The summed E-state index contributed by atoms with van der Waals surface area (Å²) in [5.74, 6) is 0.497. The Kier molecular flexibility index (Phi) is 3.55. The number of hydrogen-bond acceptors (Lipinski definition) is 5. The molecule has 2 aromatic rings. The largest absolute Gasteiger partial charge is 0.471 e. The van der Waals surface area contributed by atoms with E-state index in [-0.39, 0.29) is 12.0 Å². The van der Waals surface area contributed by atoms with Crippen LogP contribution >= 0.6 is 0 Å². The standard InChI is InChI=1S/C14H17N5O2/c1-9-13(10(2)18-17-9)14(20)19-6-3-11(8-19)21-12-7-15-4-5-16-12/h4-5,7,11H,3,6,8H2,1-2H3,(H,17,18)/t11-/m1/s1. The quantitative estimate of drug-likeness (QED) is 0.914. The fourth-order valence-electron chi connectivity index (χ4n) is 2.55. The lowest BCUT2D eigenvalue weighted by Gasteiger charge is -2.17. The van der Waals surface area contributed by atoms with E-state index in [9.17, 15) is 4.79 Å². The van der Waals surface area contributed by atoms with Crippen LogP contribution in [0.15, 0.2) is 18.6 Å². The summed E-state index contributed by atoms with van der Waals surface area (Å²) in [6.07, 6.45) is 5.51. The Morgan fingerprint density at radius 1 is 1.43 bits per heavy atom. The molecule has 3 heterocycles. The average Bonchev–Trinajstić information content (AvgIpc) is 3.07. The summed E-state index contributed by atoms with van der Waals surface area (Å²) in [5.41, 5.74) is 2.20. The van der Waals surface area contributed by atoms with E-state index in [0.717, 1.165) is 17.8 Å². The van der Waals surface area contributed by atoms with Crippen molar-refractivity contribution in [2.75, 3.05) is 13.1 Å². The Bertz CT molecular complexity index is 621. The zero-order valence-electron chi connectivity index (χ0n) is 12.0. The monoisotopic (exact) mass is 287 g/mol. The molecule has 1 N–H and O–H groups in total. The van der Waals surface area contributed by atoms with Crippen LogP contribution in [0.4, 0.5) is 0 Å². The highest BCUT2D eigenvalue weighted by Gasteiger charge is 2.30. The fraction of sp³-hybridized carbons (Fsp3) is 0.429. The summed E-state index contributed by atoms with van der Waals surface area (Å²) >= 11 is 0. The smallest absolute Gasteiger partial charge is 0.257 e. The van der Waals surface area contributed by atoms with E-state index in [0.29, 0.717) is 24.5 Å². The maximum Gasteiger partial charge on any atom is 0.257 e. The van der Waals surface area contributed by atoms with Gasteiger partial charge in [0.05, 0.1) is 24.0 Å². The maximum absolute atomic E-state index is 12.5. The third kappa shape index (κ3) is 2.72. The lowest BCUT2D eigenvalue weighted by molar-refractivity contribution is 0.0769. The second-order valence-corrected chi connectivity index (χ2v) is 5.13. The molecule has 1 aliphatic heterocycles. The maximum atomic E-state index is 12.5. The van der Waals surface area contributed by atoms with Crippen LogP contribution < -0.4 is 4.74 Å². The molecule has 0 bridgehead atoms. The van der Waals surface area contributed by atoms with Gasteiger partial charge in [-0.05, 0) is 13.8 Å². The Hall–Kier alpha value is -2.44. The first kappa shape index (κ1) is 13.5. The van der Waals surface area contributed by atoms with Gasteiger partial charge in [-0.1, -0.05) is 0 Å². The number of nitrogens with zero attached hydrogens (tertiary/aromatic N) is 4. The first-order chi connectivity index (χ1) is 10.1. The zero-order valence-corrected chi connectivity index (χ0v) is 12.0. The van der Waals surface area contributed by atoms with E-state index >= 15 is 0 Å². The average molecular weight is 287 g/mol. The molecule has 0 unspecified atom stereocenters. The number of carbonyl (C=O) groups excluding carboxylic acids is 1. The summed E-state index contributed by atoms with van der Waals surface area (Å²) in [5, 5.41) is 6.92. The highest BCUT2D eigenvalue weighted by atomic mass is 16.5. The van der Waals surface area contributed by atoms with E-state index in [4.69, 9.17) is 4.74 Å². The summed E-state index contributed by atoms with van der Waals surface area (Å²) in [6.45, 7) is 4.92. The van der Waals surface area contributed by atoms with Crippen molar-refractivity contribution in [3.63, 3.8) is 0 Å². The second kappa shape index (κ2) is 5.51. The molecule has 21 heavy (non-hydrogen) atoms. The van der Waals surface area contributed by atoms with Crippen LogP contribution in [0.2, 0.25) is 0 Å². The Balaban J connectivity index is 1.66. The van der Waals surface area contributed by atoms with Gasteiger partial charge in [0.2, 0.25) is 5.88 Å². The minimum atomic E-state index is -0.0434. The van der Waals surface area contributed by atoms with Gasteiger partial charge in [-0.15, -0.1) is 0 Å². The van der Waals surface area contributed by atoms with Crippen molar-refractivity contribution in [1.29, 1.82) is 0 Å². The number of aromatic amines is 1. The minimum Gasteiger partial charge on any atom is -0.471 e. The summed E-state index contributed by atoms with van der Waals surface area (Å²) in [4.78, 5) is 22.4. The number of H-pyrrole nitrogens is 1. The molecule has 0 radical (unpaired) electrons. The van der Waals surface area contributed by atoms with Crippen molar-refractivity contribution in [2.24, 2.45) is 0 Å². The van der Waals surface area contributed by atoms with Crippen molar-refractivity contribution in [3.05, 3.63) is 35.5 Å². The Morgan fingerprint density at radius 3 is 2.95 bits per heavy atom. The molecular weight excluding hydrogens is 270 g/mol. The van der Waals surface area contributed by atoms with Gasteiger partial charge in [-0.3, -0.25) is 14.9 Å². The van der Waals surface area contributed by atoms with Crippen LogP contribution in [-0.4, -0.2) is 50.2 Å². The van der Waals surface area contributed by atoms with E-state index < -0.39 is 0 Å². The first-order valence-corrected chi connectivity index (χ1v) is 6.88. The third-order valence-electron chi connectivity index (χ3n) is 3.60. The molecule has 1 atom stereocenters. The summed E-state index contributed by atoms with van der Waals surface area (Å²) < 4.78 is 5.74. The predicted octanol–water partition coefficient (Wildman–Crippen LogP) is 1.11. The van der Waals surface area contributed by atoms with Gasteiger partial charge in [0.15, 0.2) is 0 Å². The molecule has 7 heteroatoms. The predicted molar refractivity (Wildman–Crippen MR) is 75.0 cm³/mol. The molecule has 7 nitrogen and oxygen atoms in total. The van der Waals surface area contributed by atoms with Gasteiger partial charge < -0.3 is 9.64 Å². The van der Waals surface area contributed by atoms with Gasteiger partial charge >= 0.3 is 0 Å². The number of aryl methyl sites for hydroxylation is 2. The Morgan fingerprint density at radius 2 is 2.29 bits per heavy atom. The molecule has 2 aromatic heterocycles. The number of amides is 1. The van der Waals surface area contributed by atoms with E-state index in [1.54, 1.807) is 23.5 Å². The normalized spacial score (nSPS) is 18.0. The number of hydrogen-bond donors (Lipinski definition) is 1. The summed E-state index contributed by atoms with van der Waals surface area (Å²) in [6, 6.07) is 0. The molecule has 0 aliphatic carbocycles. The van der Waals surface area contributed by atoms with Gasteiger partial charge in [0, 0.05) is 31.1 Å². The van der Waals surface area contributed by atoms with Crippen LogP contribution in [0.5, 0.6) is 5.88 Å². The third-order valence-corrected chi connectivity index (χ3v) is 3.60. The van der Waals surface area contributed by atoms with Crippen LogP contribution in [0.25, 0.3) is 0 Å². The van der Waals surface area contributed by atoms with E-state index in [1.807, 2.05) is 13.8 Å². The lowest BCUT2D eigenvalue weighted by atomic mass is 10.2. The number of rotatable bonds is 3. The highest BCUT2D eigenvalue weighted by Crippen LogP contribution is 2.20. The van der Waals surface area contributed by atoms with Crippen LogP contribution in [0.3, 0.4) is 0 Å². The zero-order chi connectivity index (χ0) is 14.8. The van der Waals surface area contributed by atoms with Gasteiger partial charge in [0.25, 0.3) is 5.91 Å². The molecule has 1 fully saturated rings. The van der Waals surface area contributed by atoms with E-state index in [1.165, 1.54) is 0 Å². The molecular formula is C14H17N5O2. The molecule has 3 rings (SSSR count). The van der Waals surface area contributed by atoms with Crippen molar-refractivity contribution < 1.29 is 9.53 Å². The first-order valence-electron chi connectivity index (χ1n) is 6.88. The number of carbonyl (C=O) groups is 1. The topological polar surface area (TPSA) is 84.0 Å². The molecule has 1 saturated heterocycles. The van der Waals surface area contributed by atoms with Gasteiger partial charge in [-0.25, -0.2) is 4.98 Å². The van der Waals surface area contributed by atoms with Crippen LogP contribution in [0.1, 0.15) is 28.2 Å². The highest BCUT2D eigenvalue weighted by molar-refractivity contribution is 5.96. The molecule has 0 spiro atoms. The van der Waals surface area contributed by atoms with E-state index in [2.05, 4.69) is 20.2 Å². The molecule has 0 aromatic carbocycles. The van der Waals surface area contributed by atoms with Gasteiger partial charge in [0.1, 0.15) is 6.10 Å².